The lowest BCUT2D eigenvalue weighted by Crippen LogP contribution is -2.42. The summed E-state index contributed by atoms with van der Waals surface area (Å²) in [4.78, 5) is 30.0. The predicted octanol–water partition coefficient (Wildman–Crippen LogP) is 2.05. The summed E-state index contributed by atoms with van der Waals surface area (Å²) in [7, 11) is 1.71. The Morgan fingerprint density at radius 1 is 1.15 bits per heavy atom. The number of hydrogen-bond acceptors (Lipinski definition) is 4. The number of pyridine rings is 1. The van der Waals surface area contributed by atoms with Crippen LogP contribution in [0, 0.1) is 6.92 Å². The van der Waals surface area contributed by atoms with Crippen LogP contribution < -0.4 is 11.1 Å². The number of carbonyl (C=O) groups is 2. The molecule has 1 aromatic carbocycles. The normalized spacial score (nSPS) is 10.8. The van der Waals surface area contributed by atoms with Gasteiger partial charge >= 0.3 is 0 Å². The lowest BCUT2D eigenvalue weighted by molar-refractivity contribution is -0.132. The summed E-state index contributed by atoms with van der Waals surface area (Å²) < 4.78 is 0. The van der Waals surface area contributed by atoms with E-state index in [0.29, 0.717) is 13.0 Å². The standard InChI is InChI=1S/C19H24N4O2.2ClH/c1-14-6-8-15(9-7-14)18(20)19(25)22-13-17(24)23(2)12-10-16-5-3-4-11-21-16;;/h3-9,11,18H,10,12-13,20H2,1-2H3,(H,22,25);2*1H. The highest BCUT2D eigenvalue weighted by atomic mass is 35.5. The molecule has 2 amide bonds. The number of aromatic nitrogens is 1. The van der Waals surface area contributed by atoms with Crippen molar-refractivity contribution < 1.29 is 9.59 Å². The number of carbonyl (C=O) groups excluding carboxylic acids is 2. The molecule has 0 spiro atoms. The second-order valence-electron chi connectivity index (χ2n) is 5.99. The van der Waals surface area contributed by atoms with Crippen LogP contribution in [-0.2, 0) is 16.0 Å². The van der Waals surface area contributed by atoms with Gasteiger partial charge in [-0.25, -0.2) is 0 Å². The third-order valence-corrected chi connectivity index (χ3v) is 3.99. The number of aryl methyl sites for hydroxylation is 1. The van der Waals surface area contributed by atoms with E-state index in [4.69, 9.17) is 5.73 Å². The second-order valence-corrected chi connectivity index (χ2v) is 5.99. The minimum absolute atomic E-state index is 0. The molecule has 1 atom stereocenters. The molecule has 0 saturated heterocycles. The van der Waals surface area contributed by atoms with Crippen LogP contribution in [0.3, 0.4) is 0 Å². The van der Waals surface area contributed by atoms with Crippen LogP contribution in [-0.4, -0.2) is 41.8 Å². The van der Waals surface area contributed by atoms with E-state index in [1.165, 1.54) is 0 Å². The largest absolute Gasteiger partial charge is 0.345 e. The molecule has 6 nitrogen and oxygen atoms in total. The van der Waals surface area contributed by atoms with Crippen LogP contribution in [0.5, 0.6) is 0 Å². The SMILES string of the molecule is Cc1ccc(C(N)C(=O)NCC(=O)N(C)CCc2ccccn2)cc1.Cl.Cl. The highest BCUT2D eigenvalue weighted by molar-refractivity contribution is 5.88. The molecule has 1 heterocycles. The van der Waals surface area contributed by atoms with E-state index in [0.717, 1.165) is 16.8 Å². The van der Waals surface area contributed by atoms with E-state index in [1.807, 2.05) is 49.4 Å². The number of rotatable bonds is 7. The molecule has 8 heteroatoms. The zero-order valence-corrected chi connectivity index (χ0v) is 17.1. The van der Waals surface area contributed by atoms with Crippen LogP contribution in [0.25, 0.3) is 0 Å². The molecule has 2 rings (SSSR count). The van der Waals surface area contributed by atoms with Gasteiger partial charge in [-0.05, 0) is 24.6 Å². The molecule has 3 N–H and O–H groups in total. The molecular weight excluding hydrogens is 387 g/mol. The maximum atomic E-state index is 12.1. The third kappa shape index (κ3) is 7.95. The summed E-state index contributed by atoms with van der Waals surface area (Å²) >= 11 is 0. The molecule has 1 aromatic heterocycles. The summed E-state index contributed by atoms with van der Waals surface area (Å²) in [6.45, 7) is 2.43. The Morgan fingerprint density at radius 3 is 2.41 bits per heavy atom. The molecule has 0 aliphatic rings. The Morgan fingerprint density at radius 2 is 1.81 bits per heavy atom. The summed E-state index contributed by atoms with van der Waals surface area (Å²) in [6.07, 6.45) is 2.39. The number of nitrogens with one attached hydrogen (secondary N) is 1. The van der Waals surface area contributed by atoms with Gasteiger partial charge < -0.3 is 16.0 Å². The quantitative estimate of drug-likeness (QED) is 0.727. The van der Waals surface area contributed by atoms with Crippen molar-refractivity contribution in [3.8, 4) is 0 Å². The summed E-state index contributed by atoms with van der Waals surface area (Å²) in [5.41, 5.74) is 8.68. The molecule has 1 unspecified atom stereocenters. The highest BCUT2D eigenvalue weighted by Gasteiger charge is 2.17. The Hall–Kier alpha value is -2.15. The van der Waals surface area contributed by atoms with Gasteiger partial charge in [0.05, 0.1) is 6.54 Å². The van der Waals surface area contributed by atoms with Crippen LogP contribution in [0.2, 0.25) is 0 Å². The average Bonchev–Trinajstić information content (AvgIpc) is 2.64. The van der Waals surface area contributed by atoms with E-state index in [2.05, 4.69) is 10.3 Å². The Labute approximate surface area is 172 Å². The van der Waals surface area contributed by atoms with Gasteiger partial charge in [0.2, 0.25) is 11.8 Å². The zero-order valence-electron chi connectivity index (χ0n) is 15.4. The van der Waals surface area contributed by atoms with Crippen LogP contribution >= 0.6 is 24.8 Å². The molecule has 2 aromatic rings. The molecule has 0 aliphatic heterocycles. The highest BCUT2D eigenvalue weighted by Crippen LogP contribution is 2.11. The van der Waals surface area contributed by atoms with Gasteiger partial charge in [-0.1, -0.05) is 35.9 Å². The maximum Gasteiger partial charge on any atom is 0.241 e. The van der Waals surface area contributed by atoms with Crippen molar-refractivity contribution in [3.63, 3.8) is 0 Å². The van der Waals surface area contributed by atoms with Crippen molar-refractivity contribution in [2.75, 3.05) is 20.1 Å². The number of amides is 2. The first-order valence-electron chi connectivity index (χ1n) is 8.21. The van der Waals surface area contributed by atoms with Crippen molar-refractivity contribution in [2.24, 2.45) is 5.73 Å². The molecule has 27 heavy (non-hydrogen) atoms. The average molecular weight is 413 g/mol. The lowest BCUT2D eigenvalue weighted by Gasteiger charge is -2.18. The summed E-state index contributed by atoms with van der Waals surface area (Å²) in [5.74, 6) is -0.532. The van der Waals surface area contributed by atoms with Crippen LogP contribution in [0.15, 0.2) is 48.7 Å². The fraction of sp³-hybridized carbons (Fsp3) is 0.316. The van der Waals surface area contributed by atoms with Gasteiger partial charge in [0, 0.05) is 31.9 Å². The molecule has 0 fully saturated rings. The fourth-order valence-electron chi connectivity index (χ4n) is 2.29. The van der Waals surface area contributed by atoms with Gasteiger partial charge in [-0.3, -0.25) is 14.6 Å². The Kier molecular flexibility index (Phi) is 11.3. The smallest absolute Gasteiger partial charge is 0.241 e. The van der Waals surface area contributed by atoms with Gasteiger partial charge in [0.25, 0.3) is 0 Å². The van der Waals surface area contributed by atoms with Gasteiger partial charge in [0.1, 0.15) is 6.04 Å². The number of likely N-dealkylation sites (N-methyl/N-ethyl adjacent to an activating group) is 1. The van der Waals surface area contributed by atoms with E-state index >= 15 is 0 Å². The zero-order chi connectivity index (χ0) is 18.2. The molecule has 0 bridgehead atoms. The maximum absolute atomic E-state index is 12.1. The van der Waals surface area contributed by atoms with E-state index < -0.39 is 6.04 Å². The first-order valence-corrected chi connectivity index (χ1v) is 8.21. The van der Waals surface area contributed by atoms with Crippen molar-refractivity contribution in [1.29, 1.82) is 0 Å². The number of nitrogens with zero attached hydrogens (tertiary/aromatic N) is 2. The third-order valence-electron chi connectivity index (χ3n) is 3.99. The summed E-state index contributed by atoms with van der Waals surface area (Å²) in [5, 5.41) is 2.60. The molecule has 0 radical (unpaired) electrons. The van der Waals surface area contributed by atoms with Gasteiger partial charge in [-0.15, -0.1) is 24.8 Å². The van der Waals surface area contributed by atoms with Crippen molar-refractivity contribution in [1.82, 2.24) is 15.2 Å². The Bertz CT molecular complexity index is 711. The van der Waals surface area contributed by atoms with Crippen LogP contribution in [0.1, 0.15) is 22.9 Å². The van der Waals surface area contributed by atoms with Crippen molar-refractivity contribution in [2.45, 2.75) is 19.4 Å². The molecule has 0 aliphatic carbocycles. The van der Waals surface area contributed by atoms with E-state index in [9.17, 15) is 9.59 Å². The van der Waals surface area contributed by atoms with Crippen LogP contribution in [0.4, 0.5) is 0 Å². The monoisotopic (exact) mass is 412 g/mol. The minimum atomic E-state index is -0.785. The molecule has 148 valence electrons. The number of benzene rings is 1. The first-order chi connectivity index (χ1) is 12.0. The lowest BCUT2D eigenvalue weighted by atomic mass is 10.1. The minimum Gasteiger partial charge on any atom is -0.345 e. The van der Waals surface area contributed by atoms with Gasteiger partial charge in [-0.2, -0.15) is 0 Å². The van der Waals surface area contributed by atoms with Gasteiger partial charge in [0.15, 0.2) is 0 Å². The van der Waals surface area contributed by atoms with E-state index in [-0.39, 0.29) is 43.2 Å². The topological polar surface area (TPSA) is 88.3 Å². The van der Waals surface area contributed by atoms with Crippen molar-refractivity contribution in [3.05, 3.63) is 65.5 Å². The molecular formula is C19H26Cl2N4O2. The second kappa shape index (κ2) is 12.3. The van der Waals surface area contributed by atoms with E-state index in [1.54, 1.807) is 18.1 Å². The first kappa shape index (κ1) is 24.8. The Balaban J connectivity index is 0.00000338. The number of halogens is 2. The number of nitrogens with two attached hydrogens (primary N) is 1. The number of hydrogen-bond donors (Lipinski definition) is 2. The fourth-order valence-corrected chi connectivity index (χ4v) is 2.29. The van der Waals surface area contributed by atoms with Crippen molar-refractivity contribution >= 4 is 36.6 Å². The molecule has 0 saturated carbocycles. The summed E-state index contributed by atoms with van der Waals surface area (Å²) in [6, 6.07) is 12.3. The predicted molar refractivity (Wildman–Crippen MR) is 111 cm³/mol.